The summed E-state index contributed by atoms with van der Waals surface area (Å²) in [7, 11) is 1.40. The van der Waals surface area contributed by atoms with Crippen LogP contribution >= 0.6 is 21.6 Å². The second-order valence-corrected chi connectivity index (χ2v) is 34.1. The molecule has 0 radical (unpaired) electrons. The first-order chi connectivity index (χ1) is 60.7. The first kappa shape index (κ1) is 104. The summed E-state index contributed by atoms with van der Waals surface area (Å²) in [6, 6.07) is -3.06. The fourth-order valence-electron chi connectivity index (χ4n) is 13.3. The van der Waals surface area contributed by atoms with Gasteiger partial charge in [0.1, 0.15) is 90.3 Å². The van der Waals surface area contributed by atoms with Gasteiger partial charge in [-0.1, -0.05) is 110 Å². The van der Waals surface area contributed by atoms with Crippen LogP contribution < -0.4 is 97.0 Å². The minimum Gasteiger partial charge on any atom is -0.508 e. The highest BCUT2D eigenvalue weighted by atomic mass is 33.1. The van der Waals surface area contributed by atoms with Crippen LogP contribution in [0.15, 0.2) is 97.6 Å². The van der Waals surface area contributed by atoms with Crippen molar-refractivity contribution in [2.75, 3.05) is 31.1 Å². The lowest BCUT2D eigenvalue weighted by atomic mass is 9.98. The van der Waals surface area contributed by atoms with Gasteiger partial charge >= 0.3 is 11.9 Å². The first-order valence-corrected chi connectivity index (χ1v) is 44.1. The zero-order valence-corrected chi connectivity index (χ0v) is 73.5. The number of phenols is 1. The van der Waals surface area contributed by atoms with Gasteiger partial charge in [0.15, 0.2) is 0 Å². The van der Waals surface area contributed by atoms with Gasteiger partial charge in [-0.3, -0.25) is 86.3 Å². The van der Waals surface area contributed by atoms with Crippen molar-refractivity contribution in [2.45, 2.75) is 223 Å². The number of hydrogen-bond donors (Lipinski definition) is 24. The number of unbranched alkanes of at least 4 members (excludes halogenated alkanes) is 1. The number of benzene rings is 3. The molecule has 45 heteroatoms. The number of amides is 16. The SMILES string of the molecule is CC(=O)N[C@@H](CC(=O)O)C(=O)N[C@H]1CSSC[C@@H](C(=O)N[C@H](C(=O)N[C@@H](Cc2ccccc2)C(=O)NC(CCCN)C(N)=O)[C@@H](C)O)NC(=O)[C@H](Cc2c[nH]c3ccccc23)NC(=O)[C@H](C(C)C)NC(=O)[C@H](CC(C)C)NC(=O)[C@H](CCC(=O)O)NC(=O)CNC(=O)[C@H](CCCCN)NC(=O)[C@H](Cc2cnc[nH]2)NC(=O)[C@H](Cc2ccc(O)cc2)NC(=O)[C@H](C)NC1=O. The topological polar surface area (TPSA) is 691 Å². The van der Waals surface area contributed by atoms with Crippen LogP contribution in [0.4, 0.5) is 0 Å². The third-order valence-corrected chi connectivity index (χ3v) is 22.6. The number of hydrogen-bond acceptors (Lipinski definition) is 25. The largest absolute Gasteiger partial charge is 0.508 e. The number of H-pyrrole nitrogens is 2. The second-order valence-electron chi connectivity index (χ2n) is 31.6. The summed E-state index contributed by atoms with van der Waals surface area (Å²) in [6.45, 7) is 9.05. The molecule has 3 heterocycles. The number of phenolic OH excluding ortho intramolecular Hbond substituents is 1. The summed E-state index contributed by atoms with van der Waals surface area (Å²) in [5, 5.41) is 79.8. The Morgan fingerprint density at radius 1 is 0.555 bits per heavy atom. The Morgan fingerprint density at radius 3 is 1.77 bits per heavy atom. The number of aromatic nitrogens is 3. The minimum absolute atomic E-state index is 0.00794. The third-order valence-electron chi connectivity index (χ3n) is 20.2. The van der Waals surface area contributed by atoms with E-state index < -0.39 is 246 Å². The van der Waals surface area contributed by atoms with Crippen LogP contribution in [0.1, 0.15) is 129 Å². The van der Waals surface area contributed by atoms with Crippen LogP contribution in [-0.4, -0.2) is 264 Å². The number of nitrogens with two attached hydrogens (primary N) is 3. The van der Waals surface area contributed by atoms with E-state index in [1.165, 1.54) is 57.6 Å². The number of aliphatic hydroxyl groups is 1. The van der Waals surface area contributed by atoms with Crippen molar-refractivity contribution in [3.63, 3.8) is 0 Å². The number of imidazole rings is 1. The number of nitrogens with one attached hydrogen (secondary N) is 17. The number of aromatic hydroxyl groups is 1. The molecule has 1 aliphatic heterocycles. The van der Waals surface area contributed by atoms with E-state index in [9.17, 15) is 92.3 Å². The third kappa shape index (κ3) is 34.9. The quantitative estimate of drug-likeness (QED) is 0.0138. The molecule has 0 saturated carbocycles. The van der Waals surface area contributed by atoms with Crippen LogP contribution in [0.2, 0.25) is 0 Å². The van der Waals surface area contributed by atoms with Crippen LogP contribution in [-0.2, 0) is 112 Å². The number of para-hydroxylation sites is 1. The molecule has 1 aliphatic rings. The van der Waals surface area contributed by atoms with Gasteiger partial charge < -0.3 is 127 Å². The van der Waals surface area contributed by atoms with E-state index in [1.54, 1.807) is 74.6 Å². The molecule has 27 N–H and O–H groups in total. The van der Waals surface area contributed by atoms with Crippen molar-refractivity contribution < 1.29 is 107 Å². The average molecular weight is 1830 g/mol. The zero-order chi connectivity index (χ0) is 94.4. The van der Waals surface area contributed by atoms with Gasteiger partial charge in [-0.05, 0) is 119 Å². The maximum Gasteiger partial charge on any atom is 0.305 e. The molecule has 0 aliphatic carbocycles. The molecule has 1 unspecified atom stereocenters. The number of carboxylic acids is 2. The molecule has 16 amide bonds. The average Bonchev–Trinajstić information content (AvgIpc) is 1.65. The van der Waals surface area contributed by atoms with E-state index in [0.717, 1.165) is 13.8 Å². The Hall–Kier alpha value is -12.8. The normalized spacial score (nSPS) is 21.6. The van der Waals surface area contributed by atoms with Gasteiger partial charge in [-0.15, -0.1) is 0 Å². The van der Waals surface area contributed by atoms with E-state index in [4.69, 9.17) is 17.2 Å². The molecule has 6 rings (SSSR count). The molecule has 5 aromatic rings. The van der Waals surface area contributed by atoms with Crippen molar-refractivity contribution in [3.05, 3.63) is 120 Å². The molecule has 698 valence electrons. The number of carbonyl (C=O) groups is 18. The number of aromatic amines is 2. The second kappa shape index (κ2) is 52.4. The summed E-state index contributed by atoms with van der Waals surface area (Å²) in [5.41, 5.74) is 19.2. The van der Waals surface area contributed by atoms with Crippen molar-refractivity contribution in [1.82, 2.24) is 94.7 Å². The maximum atomic E-state index is 15.6. The van der Waals surface area contributed by atoms with Crippen molar-refractivity contribution in [1.29, 1.82) is 0 Å². The number of aliphatic carboxylic acids is 2. The Bertz CT molecular complexity index is 4640. The van der Waals surface area contributed by atoms with Crippen molar-refractivity contribution in [3.8, 4) is 5.75 Å². The molecule has 0 bridgehead atoms. The van der Waals surface area contributed by atoms with E-state index in [-0.39, 0.29) is 82.3 Å². The van der Waals surface area contributed by atoms with Crippen LogP contribution in [0.25, 0.3) is 10.9 Å². The predicted octanol–water partition coefficient (Wildman–Crippen LogP) is -4.02. The summed E-state index contributed by atoms with van der Waals surface area (Å²) in [4.78, 5) is 266. The van der Waals surface area contributed by atoms with Crippen LogP contribution in [0.5, 0.6) is 5.75 Å². The molecule has 1 saturated heterocycles. The first-order valence-electron chi connectivity index (χ1n) is 41.6. The maximum absolute atomic E-state index is 15.6. The summed E-state index contributed by atoms with van der Waals surface area (Å²) >= 11 is 0. The molecule has 3 aromatic carbocycles. The lowest BCUT2D eigenvalue weighted by molar-refractivity contribution is -0.141. The van der Waals surface area contributed by atoms with Crippen LogP contribution in [0, 0.1) is 11.8 Å². The highest BCUT2D eigenvalue weighted by Gasteiger charge is 2.40. The highest BCUT2D eigenvalue weighted by Crippen LogP contribution is 2.26. The molecule has 1 fully saturated rings. The lowest BCUT2D eigenvalue weighted by Gasteiger charge is -2.30. The predicted molar refractivity (Wildman–Crippen MR) is 468 cm³/mol. The number of carbonyl (C=O) groups excluding carboxylic acids is 16. The Balaban J connectivity index is 1.51. The summed E-state index contributed by atoms with van der Waals surface area (Å²) in [5.74, 6) is -22.6. The number of aliphatic hydroxyl groups excluding tert-OH is 1. The number of fused-ring (bicyclic) bond motifs is 1. The van der Waals surface area contributed by atoms with Crippen LogP contribution in [0.3, 0.4) is 0 Å². The van der Waals surface area contributed by atoms with Gasteiger partial charge in [0.2, 0.25) is 94.5 Å². The van der Waals surface area contributed by atoms with Gasteiger partial charge in [-0.2, -0.15) is 0 Å². The van der Waals surface area contributed by atoms with E-state index in [2.05, 4.69) is 94.7 Å². The molecule has 0 spiro atoms. The fraction of sp³-hybridized carbons (Fsp3) is 0.506. The number of carboxylic acid groups (broad SMARTS) is 2. The molecule has 43 nitrogen and oxygen atoms in total. The number of nitrogens with zero attached hydrogens (tertiary/aromatic N) is 1. The molecule has 128 heavy (non-hydrogen) atoms. The summed E-state index contributed by atoms with van der Waals surface area (Å²) in [6.07, 6.45) is -0.854. The van der Waals surface area contributed by atoms with Gasteiger partial charge in [0.25, 0.3) is 0 Å². The van der Waals surface area contributed by atoms with E-state index in [0.29, 0.717) is 55.6 Å². The summed E-state index contributed by atoms with van der Waals surface area (Å²) < 4.78 is 0. The molecular formula is C83H117N21O22S2. The molecule has 15 atom stereocenters. The Kier molecular flexibility index (Phi) is 42.6. The highest BCUT2D eigenvalue weighted by molar-refractivity contribution is 8.76. The molecule has 2 aromatic heterocycles. The fourth-order valence-corrected chi connectivity index (χ4v) is 15.7. The van der Waals surface area contributed by atoms with Gasteiger partial charge in [-0.25, -0.2) is 4.98 Å². The number of primary amides is 1. The smallest absolute Gasteiger partial charge is 0.305 e. The Morgan fingerprint density at radius 2 is 1.15 bits per heavy atom. The van der Waals surface area contributed by atoms with Gasteiger partial charge in [0.05, 0.1) is 25.4 Å². The monoisotopic (exact) mass is 1820 g/mol. The standard InChI is InChI=1S/C83H117N21O22S2/c1-42(2)30-57-79(122)103-68(43(3)4)82(125)100-60(33-49-36-88-53-19-12-11-18-52(49)53)76(119)102-64(81(124)104-69(45(6)105)83(126)99-59(31-47-16-9-8-10-17-47)74(117)94-54(70(86)113)21-15-29-85)40-128-127-39-63(101-78(121)62(35-67(111)112)92-46(7)106)80(123)91-44(5)71(114)96-58(32-48-22-24-51(107)25-23-48)75(118)98-61(34-50-37-87-41-90-50)77(120)95-55(20-13-14-28-84)72(115)89-38-65(108)93-56(73(116)97-57)26-27-66(109)110/h8-12,16-19,22-25,36-37,41-45,54-64,68-69,88,105,107H,13-15,20-21,26-35,38-40,84-85H2,1-7H3,(H2,86,113)(H,87,90)(H,89,115)(H,91,123)(H,92,106)(H,93,108)(H,94,117)(H,95,120)(H,96,114)(H,97,116)(H,98,118)(H,99,126)(H,100,125)(H,101,121)(H,102,119)(H,103,122)(H,104,124)(H,109,110)(H,111,112)/t44-,45+,54?,55-,56-,57-,58-,59-,60-,61-,62-,63-,64-,68-,69-/m0/s1. The number of rotatable bonds is 34. The minimum atomic E-state index is -2.00. The van der Waals surface area contributed by atoms with E-state index >= 15 is 14.4 Å². The Labute approximate surface area is 745 Å². The zero-order valence-electron chi connectivity index (χ0n) is 71.9. The van der Waals surface area contributed by atoms with Crippen molar-refractivity contribution in [2.24, 2.45) is 29.0 Å². The van der Waals surface area contributed by atoms with Crippen molar-refractivity contribution >= 4 is 139 Å². The van der Waals surface area contributed by atoms with Gasteiger partial charge in [0, 0.05) is 79.5 Å². The lowest BCUT2D eigenvalue weighted by Crippen LogP contribution is -2.62. The van der Waals surface area contributed by atoms with E-state index in [1.807, 2.05) is 0 Å². The molecular weight excluding hydrogens is 1710 g/mol.